The number of hydrogen-bond acceptors (Lipinski definition) is 3. The third-order valence-electron chi connectivity index (χ3n) is 3.06. The van der Waals surface area contributed by atoms with E-state index in [2.05, 4.69) is 15.9 Å². The fourth-order valence-corrected chi connectivity index (χ4v) is 2.52. The molecule has 0 saturated carbocycles. The Morgan fingerprint density at radius 2 is 1.86 bits per heavy atom. The first-order chi connectivity index (χ1) is 10.1. The molecule has 0 bridgehead atoms. The Bertz CT molecular complexity index is 733. The van der Waals surface area contributed by atoms with Crippen molar-refractivity contribution in [2.24, 2.45) is 0 Å². The summed E-state index contributed by atoms with van der Waals surface area (Å²) in [5, 5.41) is 0.275. The van der Waals surface area contributed by atoms with Crippen molar-refractivity contribution < 1.29 is 18.7 Å². The average molecular weight is 372 g/mol. The molecule has 0 amide bonds. The molecule has 2 aromatic carbocycles. The molecule has 2 aromatic rings. The van der Waals surface area contributed by atoms with Crippen LogP contribution in [0.4, 0.5) is 4.39 Å². The van der Waals surface area contributed by atoms with Gasteiger partial charge in [0.1, 0.15) is 19.0 Å². The predicted molar refractivity (Wildman–Crippen MR) is 80.0 cm³/mol. The van der Waals surface area contributed by atoms with Gasteiger partial charge in [-0.2, -0.15) is 0 Å². The van der Waals surface area contributed by atoms with Crippen LogP contribution in [0.1, 0.15) is 15.9 Å². The second-order valence-corrected chi connectivity index (χ2v) is 5.70. The third-order valence-corrected chi connectivity index (χ3v) is 4.26. The Morgan fingerprint density at radius 1 is 1.14 bits per heavy atom. The lowest BCUT2D eigenvalue weighted by Gasteiger charge is -2.18. The van der Waals surface area contributed by atoms with Crippen LogP contribution in [0.15, 0.2) is 34.8 Å². The van der Waals surface area contributed by atoms with Crippen molar-refractivity contribution in [1.82, 2.24) is 0 Å². The molecular weight excluding hydrogens is 363 g/mol. The van der Waals surface area contributed by atoms with E-state index in [1.165, 1.54) is 12.1 Å². The van der Waals surface area contributed by atoms with Gasteiger partial charge in [-0.15, -0.1) is 0 Å². The van der Waals surface area contributed by atoms with Gasteiger partial charge in [0.2, 0.25) is 0 Å². The maximum atomic E-state index is 13.9. The number of ether oxygens (including phenoxy) is 2. The number of ketones is 1. The summed E-state index contributed by atoms with van der Waals surface area (Å²) >= 11 is 9.04. The zero-order valence-corrected chi connectivity index (χ0v) is 13.0. The Balaban J connectivity index is 2.01. The van der Waals surface area contributed by atoms with Crippen molar-refractivity contribution in [1.29, 1.82) is 0 Å². The molecule has 0 aromatic heterocycles. The zero-order valence-electron chi connectivity index (χ0n) is 10.7. The number of carbonyl (C=O) groups is 1. The Kier molecular flexibility index (Phi) is 3.87. The molecule has 6 heteroatoms. The number of hydrogen-bond donors (Lipinski definition) is 0. The number of rotatable bonds is 2. The molecule has 0 N–H and O–H groups in total. The highest BCUT2D eigenvalue weighted by Crippen LogP contribution is 2.32. The van der Waals surface area contributed by atoms with E-state index >= 15 is 0 Å². The monoisotopic (exact) mass is 370 g/mol. The summed E-state index contributed by atoms with van der Waals surface area (Å²) in [6.45, 7) is 0.889. The van der Waals surface area contributed by atoms with Gasteiger partial charge in [0.15, 0.2) is 17.3 Å². The summed E-state index contributed by atoms with van der Waals surface area (Å²) in [6, 6.07) is 7.24. The number of halogens is 3. The molecule has 0 atom stereocenters. The van der Waals surface area contributed by atoms with E-state index in [0.717, 1.165) is 0 Å². The summed E-state index contributed by atoms with van der Waals surface area (Å²) in [5.41, 5.74) is 0.233. The van der Waals surface area contributed by atoms with E-state index in [0.29, 0.717) is 34.7 Å². The minimum atomic E-state index is -0.633. The first-order valence-electron chi connectivity index (χ1n) is 6.15. The maximum absolute atomic E-state index is 13.9. The lowest BCUT2D eigenvalue weighted by Crippen LogP contribution is -2.16. The molecule has 3 nitrogen and oxygen atoms in total. The predicted octanol–water partition coefficient (Wildman–Crippen LogP) is 4.24. The summed E-state index contributed by atoms with van der Waals surface area (Å²) in [6.07, 6.45) is 0. The van der Waals surface area contributed by atoms with Gasteiger partial charge in [-0.25, -0.2) is 4.39 Å². The van der Waals surface area contributed by atoms with Crippen molar-refractivity contribution in [3.63, 3.8) is 0 Å². The van der Waals surface area contributed by atoms with Gasteiger partial charge in [0, 0.05) is 10.0 Å². The number of benzene rings is 2. The van der Waals surface area contributed by atoms with Gasteiger partial charge >= 0.3 is 0 Å². The summed E-state index contributed by atoms with van der Waals surface area (Å²) in [5.74, 6) is -0.0344. The minimum Gasteiger partial charge on any atom is -0.486 e. The highest BCUT2D eigenvalue weighted by Gasteiger charge is 2.19. The van der Waals surface area contributed by atoms with Crippen LogP contribution in [0.3, 0.4) is 0 Å². The topological polar surface area (TPSA) is 35.5 Å². The summed E-state index contributed by atoms with van der Waals surface area (Å²) in [7, 11) is 0. The van der Waals surface area contributed by atoms with E-state index in [4.69, 9.17) is 21.1 Å². The van der Waals surface area contributed by atoms with Crippen LogP contribution in [0.25, 0.3) is 0 Å². The van der Waals surface area contributed by atoms with Crippen LogP contribution < -0.4 is 9.47 Å². The molecule has 0 spiro atoms. The normalized spacial score (nSPS) is 13.1. The maximum Gasteiger partial charge on any atom is 0.196 e. The van der Waals surface area contributed by atoms with E-state index < -0.39 is 11.6 Å². The minimum absolute atomic E-state index is 0.0834. The molecule has 1 heterocycles. The van der Waals surface area contributed by atoms with Gasteiger partial charge in [-0.1, -0.05) is 11.6 Å². The Morgan fingerprint density at radius 3 is 2.62 bits per heavy atom. The molecule has 1 aliphatic rings. The standard InChI is InChI=1S/C15H9BrClFO3/c16-10-7-12(18)9(6-11(10)17)15(19)8-1-2-13-14(5-8)21-4-3-20-13/h1-2,5-7H,3-4H2. The number of fused-ring (bicyclic) bond motifs is 1. The highest BCUT2D eigenvalue weighted by atomic mass is 79.9. The van der Waals surface area contributed by atoms with Crippen LogP contribution >= 0.6 is 27.5 Å². The van der Waals surface area contributed by atoms with Crippen LogP contribution in [0.2, 0.25) is 5.02 Å². The molecule has 3 rings (SSSR count). The molecule has 0 radical (unpaired) electrons. The number of carbonyl (C=O) groups excluding carboxylic acids is 1. The molecule has 0 saturated heterocycles. The quantitative estimate of drug-likeness (QED) is 0.585. The smallest absolute Gasteiger partial charge is 0.196 e. The lowest BCUT2D eigenvalue weighted by molar-refractivity contribution is 0.103. The van der Waals surface area contributed by atoms with Gasteiger partial charge in [0.25, 0.3) is 0 Å². The van der Waals surface area contributed by atoms with Crippen LogP contribution in [0, 0.1) is 5.82 Å². The summed E-state index contributed by atoms with van der Waals surface area (Å²) in [4.78, 5) is 12.4. The average Bonchev–Trinajstić information content (AvgIpc) is 2.50. The van der Waals surface area contributed by atoms with E-state index in [-0.39, 0.29) is 10.6 Å². The molecule has 0 aliphatic carbocycles. The van der Waals surface area contributed by atoms with Crippen molar-refractivity contribution in [2.45, 2.75) is 0 Å². The largest absolute Gasteiger partial charge is 0.486 e. The van der Waals surface area contributed by atoms with Crippen molar-refractivity contribution in [2.75, 3.05) is 13.2 Å². The van der Waals surface area contributed by atoms with E-state index in [1.807, 2.05) is 0 Å². The van der Waals surface area contributed by atoms with E-state index in [1.54, 1.807) is 18.2 Å². The van der Waals surface area contributed by atoms with Crippen LogP contribution in [0.5, 0.6) is 11.5 Å². The van der Waals surface area contributed by atoms with Gasteiger partial charge < -0.3 is 9.47 Å². The van der Waals surface area contributed by atoms with Crippen molar-refractivity contribution in [3.05, 3.63) is 56.8 Å². The lowest BCUT2D eigenvalue weighted by atomic mass is 10.0. The fourth-order valence-electron chi connectivity index (χ4n) is 2.04. The van der Waals surface area contributed by atoms with Crippen molar-refractivity contribution in [3.8, 4) is 11.5 Å². The molecule has 108 valence electrons. The SMILES string of the molecule is O=C(c1ccc2c(c1)OCCO2)c1cc(Cl)c(Br)cc1F. The van der Waals surface area contributed by atoms with Gasteiger partial charge in [-0.05, 0) is 46.3 Å². The van der Waals surface area contributed by atoms with Gasteiger partial charge in [-0.3, -0.25) is 4.79 Å². The van der Waals surface area contributed by atoms with Crippen LogP contribution in [-0.4, -0.2) is 19.0 Å². The molecule has 0 unspecified atom stereocenters. The molecule has 0 fully saturated rings. The Labute approximate surface area is 133 Å². The third kappa shape index (κ3) is 2.76. The molecule has 21 heavy (non-hydrogen) atoms. The van der Waals surface area contributed by atoms with Gasteiger partial charge in [0.05, 0.1) is 10.6 Å². The second kappa shape index (κ2) is 5.66. The van der Waals surface area contributed by atoms with Crippen molar-refractivity contribution >= 4 is 33.3 Å². The first-order valence-corrected chi connectivity index (χ1v) is 7.32. The fraction of sp³-hybridized carbons (Fsp3) is 0.133. The molecule has 1 aliphatic heterocycles. The molecular formula is C15H9BrClFO3. The zero-order chi connectivity index (χ0) is 15.0. The first kappa shape index (κ1) is 14.4. The highest BCUT2D eigenvalue weighted by molar-refractivity contribution is 9.10. The van der Waals surface area contributed by atoms with E-state index in [9.17, 15) is 9.18 Å². The van der Waals surface area contributed by atoms with Crippen LogP contribution in [-0.2, 0) is 0 Å². The summed E-state index contributed by atoms with van der Waals surface area (Å²) < 4.78 is 25.1. The Hall–Kier alpha value is -1.59. The second-order valence-electron chi connectivity index (χ2n) is 4.43.